The van der Waals surface area contributed by atoms with Gasteiger partial charge in [-0.2, -0.15) is 5.26 Å². The van der Waals surface area contributed by atoms with Crippen molar-refractivity contribution in [3.8, 4) is 6.07 Å². The van der Waals surface area contributed by atoms with E-state index in [1.54, 1.807) is 36.4 Å². The summed E-state index contributed by atoms with van der Waals surface area (Å²) in [5, 5.41) is 22.8. The van der Waals surface area contributed by atoms with Crippen molar-refractivity contribution in [1.82, 2.24) is 10.6 Å². The Morgan fingerprint density at radius 2 is 1.53 bits per heavy atom. The van der Waals surface area contributed by atoms with Crippen molar-refractivity contribution in [3.63, 3.8) is 0 Å². The molecule has 0 unspecified atom stereocenters. The van der Waals surface area contributed by atoms with E-state index in [0.29, 0.717) is 0 Å². The summed E-state index contributed by atoms with van der Waals surface area (Å²) in [4.78, 5) is 36.3. The van der Waals surface area contributed by atoms with E-state index in [-0.39, 0.29) is 25.9 Å². The van der Waals surface area contributed by atoms with Gasteiger partial charge in [-0.3, -0.25) is 4.79 Å². The van der Waals surface area contributed by atoms with Gasteiger partial charge >= 0.3 is 12.1 Å². The van der Waals surface area contributed by atoms with Crippen LogP contribution in [0.15, 0.2) is 60.7 Å². The molecule has 0 aromatic heterocycles. The van der Waals surface area contributed by atoms with E-state index < -0.39 is 30.1 Å². The molecule has 2 rings (SSSR count). The van der Waals surface area contributed by atoms with Crippen LogP contribution in [0.1, 0.15) is 24.0 Å². The highest BCUT2D eigenvalue weighted by Crippen LogP contribution is 2.07. The predicted octanol–water partition coefficient (Wildman–Crippen LogP) is 2.40. The molecule has 0 heterocycles. The second-order valence-corrected chi connectivity index (χ2v) is 6.54. The standard InChI is InChI=1S/C22H23N3O5/c23-13-7-12-18(21(27)28)24-20(26)19(14-16-8-3-1-4-9-16)25-22(29)30-15-17-10-5-2-6-11-17/h1-6,8-11,18-19H,7,12,14-15H2,(H,24,26)(H,25,29)(H,27,28)/t18-,19+/m0/s1. The van der Waals surface area contributed by atoms with Gasteiger partial charge in [0, 0.05) is 12.8 Å². The molecule has 30 heavy (non-hydrogen) atoms. The minimum Gasteiger partial charge on any atom is -0.480 e. The second-order valence-electron chi connectivity index (χ2n) is 6.54. The molecule has 0 saturated carbocycles. The van der Waals surface area contributed by atoms with Crippen molar-refractivity contribution in [2.75, 3.05) is 0 Å². The van der Waals surface area contributed by atoms with Crippen molar-refractivity contribution in [1.29, 1.82) is 5.26 Å². The summed E-state index contributed by atoms with van der Waals surface area (Å²) in [6.45, 7) is 0.0340. The Hall–Kier alpha value is -3.86. The van der Waals surface area contributed by atoms with Crippen LogP contribution in [0.5, 0.6) is 0 Å². The Morgan fingerprint density at radius 1 is 0.933 bits per heavy atom. The summed E-state index contributed by atoms with van der Waals surface area (Å²) >= 11 is 0. The molecule has 0 aliphatic heterocycles. The second kappa shape index (κ2) is 11.9. The van der Waals surface area contributed by atoms with Gasteiger partial charge in [0.05, 0.1) is 6.07 Å². The van der Waals surface area contributed by atoms with Crippen molar-refractivity contribution in [3.05, 3.63) is 71.8 Å². The fourth-order valence-electron chi connectivity index (χ4n) is 2.70. The fourth-order valence-corrected chi connectivity index (χ4v) is 2.70. The summed E-state index contributed by atoms with van der Waals surface area (Å²) in [6, 6.07) is 17.7. The highest BCUT2D eigenvalue weighted by molar-refractivity contribution is 5.89. The third-order valence-electron chi connectivity index (χ3n) is 4.26. The van der Waals surface area contributed by atoms with Gasteiger partial charge in [0.1, 0.15) is 18.7 Å². The quantitative estimate of drug-likeness (QED) is 0.553. The van der Waals surface area contributed by atoms with Gasteiger partial charge in [-0.15, -0.1) is 0 Å². The molecule has 0 saturated heterocycles. The molecular formula is C22H23N3O5. The van der Waals surface area contributed by atoms with Gasteiger partial charge in [-0.1, -0.05) is 60.7 Å². The summed E-state index contributed by atoms with van der Waals surface area (Å²) < 4.78 is 5.17. The highest BCUT2D eigenvalue weighted by Gasteiger charge is 2.27. The van der Waals surface area contributed by atoms with Crippen LogP contribution in [0.2, 0.25) is 0 Å². The monoisotopic (exact) mass is 409 g/mol. The van der Waals surface area contributed by atoms with E-state index in [2.05, 4.69) is 10.6 Å². The molecular weight excluding hydrogens is 386 g/mol. The number of aliphatic carboxylic acids is 1. The van der Waals surface area contributed by atoms with Gasteiger partial charge in [0.25, 0.3) is 0 Å². The Bertz CT molecular complexity index is 881. The lowest BCUT2D eigenvalue weighted by atomic mass is 10.0. The number of rotatable bonds is 10. The number of carboxylic acids is 1. The number of nitriles is 1. The number of ether oxygens (including phenoxy) is 1. The minimum absolute atomic E-state index is 0.0207. The van der Waals surface area contributed by atoms with Gasteiger partial charge < -0.3 is 20.5 Å². The molecule has 2 atom stereocenters. The van der Waals surface area contributed by atoms with Gasteiger partial charge in [-0.05, 0) is 17.5 Å². The number of benzene rings is 2. The van der Waals surface area contributed by atoms with E-state index in [1.165, 1.54) is 0 Å². The molecule has 2 aromatic rings. The van der Waals surface area contributed by atoms with Crippen LogP contribution in [0, 0.1) is 11.3 Å². The number of amides is 2. The van der Waals surface area contributed by atoms with Gasteiger partial charge in [-0.25, -0.2) is 9.59 Å². The third kappa shape index (κ3) is 7.64. The molecule has 0 spiro atoms. The summed E-state index contributed by atoms with van der Waals surface area (Å²) in [6.07, 6.45) is -0.697. The number of carbonyl (C=O) groups is 3. The predicted molar refractivity (Wildman–Crippen MR) is 108 cm³/mol. The number of nitrogens with one attached hydrogen (secondary N) is 2. The third-order valence-corrected chi connectivity index (χ3v) is 4.26. The van der Waals surface area contributed by atoms with Crippen LogP contribution in [0.3, 0.4) is 0 Å². The van der Waals surface area contributed by atoms with E-state index in [0.717, 1.165) is 11.1 Å². The number of hydrogen-bond acceptors (Lipinski definition) is 5. The number of hydrogen-bond donors (Lipinski definition) is 3. The van der Waals surface area contributed by atoms with Crippen LogP contribution in [0.25, 0.3) is 0 Å². The maximum atomic E-state index is 12.7. The summed E-state index contributed by atoms with van der Waals surface area (Å²) in [5.74, 6) is -1.91. The maximum absolute atomic E-state index is 12.7. The maximum Gasteiger partial charge on any atom is 0.408 e. The van der Waals surface area contributed by atoms with Gasteiger partial charge in [0.15, 0.2) is 0 Å². The lowest BCUT2D eigenvalue weighted by molar-refractivity contribution is -0.142. The Balaban J connectivity index is 2.05. The first kappa shape index (κ1) is 22.4. The average Bonchev–Trinajstić information content (AvgIpc) is 2.76. The zero-order valence-corrected chi connectivity index (χ0v) is 16.3. The lowest BCUT2D eigenvalue weighted by Crippen LogP contribution is -2.52. The van der Waals surface area contributed by atoms with Crippen LogP contribution in [-0.2, 0) is 27.4 Å². The number of nitrogens with zero attached hydrogens (tertiary/aromatic N) is 1. The smallest absolute Gasteiger partial charge is 0.408 e. The van der Waals surface area contributed by atoms with Crippen molar-refractivity contribution < 1.29 is 24.2 Å². The molecule has 0 bridgehead atoms. The number of carboxylic acid groups (broad SMARTS) is 1. The average molecular weight is 409 g/mol. The van der Waals surface area contributed by atoms with Crippen LogP contribution < -0.4 is 10.6 Å². The fraction of sp³-hybridized carbons (Fsp3) is 0.273. The Labute approximate surface area is 174 Å². The zero-order chi connectivity index (χ0) is 21.8. The van der Waals surface area contributed by atoms with E-state index in [9.17, 15) is 19.5 Å². The zero-order valence-electron chi connectivity index (χ0n) is 16.3. The normalized spacial score (nSPS) is 12.1. The van der Waals surface area contributed by atoms with Crippen LogP contribution in [-0.4, -0.2) is 35.2 Å². The van der Waals surface area contributed by atoms with Gasteiger partial charge in [0.2, 0.25) is 5.91 Å². The molecule has 2 amide bonds. The van der Waals surface area contributed by atoms with E-state index >= 15 is 0 Å². The van der Waals surface area contributed by atoms with Crippen molar-refractivity contribution >= 4 is 18.0 Å². The van der Waals surface area contributed by atoms with E-state index in [1.807, 2.05) is 30.3 Å². The minimum atomic E-state index is -1.25. The first-order valence-electron chi connectivity index (χ1n) is 9.41. The molecule has 0 aliphatic carbocycles. The first-order chi connectivity index (χ1) is 14.5. The first-order valence-corrected chi connectivity index (χ1v) is 9.41. The molecule has 0 fully saturated rings. The Kier molecular flexibility index (Phi) is 8.87. The lowest BCUT2D eigenvalue weighted by Gasteiger charge is -2.21. The molecule has 156 valence electrons. The molecule has 0 aliphatic rings. The number of carbonyl (C=O) groups excluding carboxylic acids is 2. The highest BCUT2D eigenvalue weighted by atomic mass is 16.5. The molecule has 3 N–H and O–H groups in total. The summed E-state index contributed by atoms with van der Waals surface area (Å²) in [7, 11) is 0. The number of alkyl carbamates (subject to hydrolysis) is 1. The largest absolute Gasteiger partial charge is 0.480 e. The van der Waals surface area contributed by atoms with Crippen molar-refractivity contribution in [2.45, 2.75) is 38.0 Å². The SMILES string of the molecule is N#CCC[C@H](NC(=O)[C@@H](Cc1ccccc1)NC(=O)OCc1ccccc1)C(=O)O. The molecule has 0 radical (unpaired) electrons. The summed E-state index contributed by atoms with van der Waals surface area (Å²) in [5.41, 5.74) is 1.57. The Morgan fingerprint density at radius 3 is 2.10 bits per heavy atom. The van der Waals surface area contributed by atoms with Crippen LogP contribution in [0.4, 0.5) is 4.79 Å². The molecule has 8 nitrogen and oxygen atoms in total. The molecule has 2 aromatic carbocycles. The van der Waals surface area contributed by atoms with Crippen LogP contribution >= 0.6 is 0 Å². The van der Waals surface area contributed by atoms with E-state index in [4.69, 9.17) is 10.00 Å². The van der Waals surface area contributed by atoms with Crippen molar-refractivity contribution in [2.24, 2.45) is 0 Å². The molecule has 8 heteroatoms. The topological polar surface area (TPSA) is 129 Å².